The second kappa shape index (κ2) is 13.4. The van der Waals surface area contributed by atoms with Crippen LogP contribution >= 0.6 is 11.6 Å². The van der Waals surface area contributed by atoms with Gasteiger partial charge in [0, 0.05) is 49.2 Å². The van der Waals surface area contributed by atoms with Gasteiger partial charge < -0.3 is 19.7 Å². The smallest absolute Gasteiger partial charge is 0.264 e. The van der Waals surface area contributed by atoms with Crippen LogP contribution in [0.15, 0.2) is 48.6 Å². The van der Waals surface area contributed by atoms with E-state index in [9.17, 15) is 18.0 Å². The number of halogens is 1. The van der Waals surface area contributed by atoms with E-state index in [1.807, 2.05) is 13.0 Å². The summed E-state index contributed by atoms with van der Waals surface area (Å²) in [6.07, 6.45) is 8.92. The van der Waals surface area contributed by atoms with Crippen molar-refractivity contribution in [2.45, 2.75) is 69.1 Å². The fourth-order valence-electron chi connectivity index (χ4n) is 8.03. The van der Waals surface area contributed by atoms with Gasteiger partial charge in [-0.3, -0.25) is 9.59 Å². The molecule has 2 amide bonds. The van der Waals surface area contributed by atoms with Crippen molar-refractivity contribution in [2.75, 3.05) is 38.8 Å². The molecule has 2 N–H and O–H groups in total. The maximum atomic E-state index is 13.6. The fraction of sp³-hybridized carbons (Fsp3) is 0.556. The van der Waals surface area contributed by atoms with Crippen molar-refractivity contribution in [2.24, 2.45) is 23.7 Å². The minimum Gasteiger partial charge on any atom is -0.490 e. The summed E-state index contributed by atoms with van der Waals surface area (Å²) in [6, 6.07) is 11.4. The maximum Gasteiger partial charge on any atom is 0.264 e. The van der Waals surface area contributed by atoms with Gasteiger partial charge in [-0.25, -0.2) is 13.1 Å². The Morgan fingerprint density at radius 3 is 2.70 bits per heavy atom. The van der Waals surface area contributed by atoms with Gasteiger partial charge in [-0.05, 0) is 105 Å². The van der Waals surface area contributed by atoms with Gasteiger partial charge in [-0.1, -0.05) is 36.7 Å². The SMILES string of the molecule is CNC(=O)[C@H](OC)[C@@H]1/C=C/[C@@H]2CC[C@H]2CN2C[C@@]3(CCCc4cc(Cl)ccc43)COc3ccc(cc32)C(=O)NS(=O)(=O)[C@H](C)[C@@H](C)C1. The number of carbonyl (C=O) groups is 2. The molecule has 7 atom stereocenters. The van der Waals surface area contributed by atoms with Gasteiger partial charge in [0.25, 0.3) is 5.91 Å². The van der Waals surface area contributed by atoms with E-state index in [2.05, 4.69) is 39.2 Å². The lowest BCUT2D eigenvalue weighted by molar-refractivity contribution is -0.133. The Kier molecular flexibility index (Phi) is 9.67. The molecule has 2 aliphatic carbocycles. The molecule has 2 aromatic carbocycles. The molecule has 0 saturated heterocycles. The van der Waals surface area contributed by atoms with Crippen molar-refractivity contribution in [3.8, 4) is 5.75 Å². The first-order valence-corrected chi connectivity index (χ1v) is 18.7. The molecule has 4 aliphatic rings. The maximum absolute atomic E-state index is 13.6. The van der Waals surface area contributed by atoms with Gasteiger partial charge in [-0.2, -0.15) is 0 Å². The number of nitrogens with one attached hydrogen (secondary N) is 2. The lowest BCUT2D eigenvalue weighted by Gasteiger charge is -2.44. The number of hydrogen-bond donors (Lipinski definition) is 2. The van der Waals surface area contributed by atoms with Crippen LogP contribution in [0.2, 0.25) is 5.02 Å². The number of aryl methyl sites for hydroxylation is 1. The highest BCUT2D eigenvalue weighted by atomic mass is 35.5. The number of likely N-dealkylation sites (N-methyl/N-ethyl adjacent to an activating group) is 1. The van der Waals surface area contributed by atoms with Crippen LogP contribution in [0.5, 0.6) is 5.75 Å². The Balaban J connectivity index is 1.42. The summed E-state index contributed by atoms with van der Waals surface area (Å²) < 4.78 is 41.7. The van der Waals surface area contributed by atoms with Gasteiger partial charge >= 0.3 is 0 Å². The number of ether oxygens (including phenoxy) is 2. The summed E-state index contributed by atoms with van der Waals surface area (Å²) in [6.45, 7) is 5.39. The minimum absolute atomic E-state index is 0.257. The number of sulfonamides is 1. The summed E-state index contributed by atoms with van der Waals surface area (Å²) in [7, 11) is -0.973. The average molecular weight is 684 g/mol. The summed E-state index contributed by atoms with van der Waals surface area (Å²) in [5.74, 6) is -0.325. The monoisotopic (exact) mass is 683 g/mol. The van der Waals surface area contributed by atoms with Crippen molar-refractivity contribution in [3.05, 3.63) is 70.3 Å². The van der Waals surface area contributed by atoms with Gasteiger partial charge in [0.05, 0.1) is 17.5 Å². The largest absolute Gasteiger partial charge is 0.490 e. The van der Waals surface area contributed by atoms with Gasteiger partial charge in [0.1, 0.15) is 11.9 Å². The topological polar surface area (TPSA) is 114 Å². The van der Waals surface area contributed by atoms with Crippen molar-refractivity contribution in [3.63, 3.8) is 0 Å². The van der Waals surface area contributed by atoms with E-state index in [1.165, 1.54) is 18.2 Å². The molecule has 2 aliphatic heterocycles. The van der Waals surface area contributed by atoms with Crippen molar-refractivity contribution >= 4 is 39.1 Å². The van der Waals surface area contributed by atoms with Gasteiger partial charge in [-0.15, -0.1) is 0 Å². The fourth-order valence-corrected chi connectivity index (χ4v) is 9.51. The van der Waals surface area contributed by atoms with E-state index in [0.29, 0.717) is 31.2 Å². The van der Waals surface area contributed by atoms with Crippen LogP contribution in [0.4, 0.5) is 5.69 Å². The molecule has 1 saturated carbocycles. The van der Waals surface area contributed by atoms with Crippen LogP contribution in [0.25, 0.3) is 0 Å². The lowest BCUT2D eigenvalue weighted by Crippen LogP contribution is -2.48. The third-order valence-corrected chi connectivity index (χ3v) is 13.3. The molecule has 0 unspecified atom stereocenters. The minimum atomic E-state index is -4.05. The number of amides is 2. The van der Waals surface area contributed by atoms with Crippen LogP contribution in [-0.2, 0) is 31.4 Å². The molecular weight excluding hydrogens is 638 g/mol. The van der Waals surface area contributed by atoms with Crippen LogP contribution in [-0.4, -0.2) is 65.4 Å². The first-order chi connectivity index (χ1) is 22.4. The highest BCUT2D eigenvalue weighted by molar-refractivity contribution is 7.90. The molecule has 47 heavy (non-hydrogen) atoms. The van der Waals surface area contributed by atoms with Crippen molar-refractivity contribution in [1.29, 1.82) is 0 Å². The van der Waals surface area contributed by atoms with Crippen molar-refractivity contribution < 1.29 is 27.5 Å². The Hall–Kier alpha value is -3.08. The number of methoxy groups -OCH3 is 1. The summed E-state index contributed by atoms with van der Waals surface area (Å²) in [4.78, 5) is 28.8. The molecule has 11 heteroatoms. The number of allylic oxidation sites excluding steroid dienone is 1. The van der Waals surface area contributed by atoms with E-state index in [1.54, 1.807) is 32.2 Å². The molecule has 1 spiro atoms. The molecule has 2 heterocycles. The second-order valence-electron chi connectivity index (χ2n) is 14.0. The Morgan fingerprint density at radius 1 is 1.17 bits per heavy atom. The number of carbonyl (C=O) groups excluding carboxylic acids is 2. The third kappa shape index (κ3) is 6.65. The molecule has 0 aromatic heterocycles. The highest BCUT2D eigenvalue weighted by Crippen LogP contribution is 2.46. The predicted octanol–water partition coefficient (Wildman–Crippen LogP) is 5.26. The molecule has 9 nitrogen and oxygen atoms in total. The molecule has 1 fully saturated rings. The molecule has 2 aromatic rings. The predicted molar refractivity (Wildman–Crippen MR) is 184 cm³/mol. The second-order valence-corrected chi connectivity index (χ2v) is 16.5. The van der Waals surface area contributed by atoms with E-state index in [4.69, 9.17) is 21.1 Å². The van der Waals surface area contributed by atoms with E-state index < -0.39 is 27.3 Å². The number of rotatable bonds is 3. The summed E-state index contributed by atoms with van der Waals surface area (Å²) in [5, 5.41) is 2.52. The lowest BCUT2D eigenvalue weighted by atomic mass is 9.69. The average Bonchev–Trinajstić information content (AvgIpc) is 3.18. The molecule has 254 valence electrons. The zero-order valence-corrected chi connectivity index (χ0v) is 29.2. The zero-order chi connectivity index (χ0) is 33.5. The van der Waals surface area contributed by atoms with E-state index >= 15 is 0 Å². The molecule has 0 radical (unpaired) electrons. The normalized spacial score (nSPS) is 31.6. The van der Waals surface area contributed by atoms with Crippen molar-refractivity contribution in [1.82, 2.24) is 10.0 Å². The van der Waals surface area contributed by atoms with Crippen LogP contribution < -0.4 is 19.7 Å². The first-order valence-electron chi connectivity index (χ1n) is 16.7. The summed E-state index contributed by atoms with van der Waals surface area (Å²) in [5.41, 5.74) is 3.30. The van der Waals surface area contributed by atoms with Gasteiger partial charge in [0.2, 0.25) is 15.9 Å². The number of hydrogen-bond acceptors (Lipinski definition) is 7. The number of nitrogens with zero attached hydrogens (tertiary/aromatic N) is 1. The van der Waals surface area contributed by atoms with Crippen LogP contribution in [0, 0.1) is 23.7 Å². The van der Waals surface area contributed by atoms with Gasteiger partial charge in [0.15, 0.2) is 0 Å². The quantitative estimate of drug-likeness (QED) is 0.425. The third-order valence-electron chi connectivity index (χ3n) is 11.2. The Bertz CT molecular complexity index is 1660. The van der Waals surface area contributed by atoms with Crippen LogP contribution in [0.1, 0.15) is 67.4 Å². The standard InChI is InChI=1S/C36H46ClN3O6S/c1-22-16-26(33(45-4)35(42)38-3)9-7-24-8-10-28(24)19-40-20-36(15-5-6-25-17-29(37)12-13-30(25)36)21-46-32-14-11-27(18-31(32)40)34(41)39-47(43,44)23(22)2/h7,9,11-14,17-18,22-24,26,28,33H,5-6,8,10,15-16,19-21H2,1-4H3,(H,38,42)(H,39,41)/b9-7+/t22-,23+,24+,26+,28-,33+,36-/m0/s1. The molecule has 2 bridgehead atoms. The molecular formula is C36H46ClN3O6S. The first kappa shape index (κ1) is 33.8. The highest BCUT2D eigenvalue weighted by Gasteiger charge is 2.43. The van der Waals surface area contributed by atoms with E-state index in [0.717, 1.165) is 49.4 Å². The number of benzene rings is 2. The number of fused-ring (bicyclic) bond motifs is 4. The Morgan fingerprint density at radius 2 is 1.98 bits per heavy atom. The van der Waals surface area contributed by atoms with Crippen LogP contribution in [0.3, 0.4) is 0 Å². The summed E-state index contributed by atoms with van der Waals surface area (Å²) >= 11 is 6.42. The van der Waals surface area contributed by atoms with E-state index in [-0.39, 0.29) is 34.6 Å². The number of anilines is 1. The molecule has 6 rings (SSSR count). The Labute approximate surface area is 283 Å². The zero-order valence-electron chi connectivity index (χ0n) is 27.6.